The van der Waals surface area contributed by atoms with Crippen molar-refractivity contribution in [1.82, 2.24) is 9.80 Å². The minimum Gasteiger partial charge on any atom is -0.481 e. The molecule has 4 amide bonds. The largest absolute Gasteiger partial charge is 0.481 e. The van der Waals surface area contributed by atoms with Crippen molar-refractivity contribution in [3.63, 3.8) is 0 Å². The number of anilines is 1. The summed E-state index contributed by atoms with van der Waals surface area (Å²) in [7, 11) is 0. The average molecular weight is 451 g/mol. The summed E-state index contributed by atoms with van der Waals surface area (Å²) >= 11 is 0. The maximum absolute atomic E-state index is 12.9. The number of likely N-dealkylation sites (tertiary alicyclic amines) is 1. The quantitative estimate of drug-likeness (QED) is 0.650. The van der Waals surface area contributed by atoms with E-state index in [0.717, 1.165) is 0 Å². The van der Waals surface area contributed by atoms with Crippen molar-refractivity contribution in [3.8, 4) is 17.2 Å². The molecule has 2 aromatic rings. The number of benzene rings is 2. The monoisotopic (exact) mass is 451 g/mol. The molecule has 3 heterocycles. The molecule has 3 aliphatic rings. The maximum Gasteiger partial charge on any atom is 0.332 e. The lowest BCUT2D eigenvalue weighted by molar-refractivity contribution is -0.139. The number of hydrogen-bond donors (Lipinski definition) is 0. The Morgan fingerprint density at radius 1 is 1.03 bits per heavy atom. The van der Waals surface area contributed by atoms with Crippen LogP contribution >= 0.6 is 0 Å². The summed E-state index contributed by atoms with van der Waals surface area (Å²) in [5.74, 6) is 1.46. The van der Waals surface area contributed by atoms with Crippen LogP contribution < -0.4 is 19.1 Å². The smallest absolute Gasteiger partial charge is 0.332 e. The Balaban J connectivity index is 1.16. The summed E-state index contributed by atoms with van der Waals surface area (Å²) in [6.07, 6.45) is 0.569. The zero-order valence-electron chi connectivity index (χ0n) is 18.3. The third kappa shape index (κ3) is 4.06. The van der Waals surface area contributed by atoms with E-state index in [9.17, 15) is 14.4 Å². The van der Waals surface area contributed by atoms with Gasteiger partial charge < -0.3 is 24.0 Å². The van der Waals surface area contributed by atoms with Gasteiger partial charge in [-0.15, -0.1) is 0 Å². The molecule has 9 heteroatoms. The number of amides is 4. The molecule has 0 aliphatic carbocycles. The highest BCUT2D eigenvalue weighted by Gasteiger charge is 2.42. The first kappa shape index (κ1) is 21.1. The molecule has 1 atom stereocenters. The van der Waals surface area contributed by atoms with E-state index in [4.69, 9.17) is 14.2 Å². The van der Waals surface area contributed by atoms with E-state index >= 15 is 0 Å². The fraction of sp³-hybridized carbons (Fsp3) is 0.375. The van der Waals surface area contributed by atoms with Crippen molar-refractivity contribution in [1.29, 1.82) is 0 Å². The molecule has 0 aromatic heterocycles. The number of imide groups is 1. The number of carbonyl (C=O) groups is 3. The van der Waals surface area contributed by atoms with Crippen LogP contribution in [-0.2, 0) is 9.59 Å². The highest BCUT2D eigenvalue weighted by atomic mass is 16.7. The predicted molar refractivity (Wildman–Crippen MR) is 118 cm³/mol. The Morgan fingerprint density at radius 3 is 2.52 bits per heavy atom. The van der Waals surface area contributed by atoms with Gasteiger partial charge in [-0.1, -0.05) is 18.2 Å². The predicted octanol–water partition coefficient (Wildman–Crippen LogP) is 2.64. The molecule has 9 nitrogen and oxygen atoms in total. The molecular formula is C24H25N3O6. The lowest BCUT2D eigenvalue weighted by atomic mass is 10.0. The third-order valence-electron chi connectivity index (χ3n) is 6.23. The number of fused-ring (bicyclic) bond motifs is 1. The van der Waals surface area contributed by atoms with Gasteiger partial charge in [-0.3, -0.25) is 9.59 Å². The van der Waals surface area contributed by atoms with Gasteiger partial charge in [0.25, 0.3) is 11.8 Å². The van der Waals surface area contributed by atoms with E-state index in [2.05, 4.69) is 0 Å². The molecule has 0 saturated carbocycles. The molecular weight excluding hydrogens is 426 g/mol. The topological polar surface area (TPSA) is 88.6 Å². The number of carbonyl (C=O) groups excluding carboxylic acids is 3. The van der Waals surface area contributed by atoms with Crippen molar-refractivity contribution in [2.75, 3.05) is 31.3 Å². The fourth-order valence-corrected chi connectivity index (χ4v) is 4.50. The van der Waals surface area contributed by atoms with Crippen molar-refractivity contribution in [2.45, 2.75) is 31.9 Å². The van der Waals surface area contributed by atoms with Crippen LogP contribution in [0, 0.1) is 0 Å². The van der Waals surface area contributed by atoms with Gasteiger partial charge >= 0.3 is 6.03 Å². The number of piperidine rings is 1. The number of ether oxygens (including phenoxy) is 3. The van der Waals surface area contributed by atoms with E-state index in [0.29, 0.717) is 48.9 Å². The van der Waals surface area contributed by atoms with Crippen molar-refractivity contribution in [2.24, 2.45) is 0 Å². The van der Waals surface area contributed by atoms with Crippen LogP contribution in [0.3, 0.4) is 0 Å². The normalized spacial score (nSPS) is 19.2. The van der Waals surface area contributed by atoms with Crippen LogP contribution in [-0.4, -0.2) is 66.2 Å². The second kappa shape index (κ2) is 8.65. The molecule has 2 saturated heterocycles. The van der Waals surface area contributed by atoms with Gasteiger partial charge in [0.2, 0.25) is 6.79 Å². The lowest BCUT2D eigenvalue weighted by Crippen LogP contribution is -2.50. The van der Waals surface area contributed by atoms with Crippen molar-refractivity contribution >= 4 is 23.5 Å². The summed E-state index contributed by atoms with van der Waals surface area (Å²) in [4.78, 5) is 43.0. The van der Waals surface area contributed by atoms with E-state index < -0.39 is 6.10 Å². The van der Waals surface area contributed by atoms with Crippen LogP contribution in [0.1, 0.15) is 19.8 Å². The first-order valence-electron chi connectivity index (χ1n) is 11.0. The number of hydrogen-bond acceptors (Lipinski definition) is 6. The number of rotatable bonds is 5. The fourth-order valence-electron chi connectivity index (χ4n) is 4.50. The minimum atomic E-state index is -0.662. The van der Waals surface area contributed by atoms with Crippen molar-refractivity contribution in [3.05, 3.63) is 48.5 Å². The van der Waals surface area contributed by atoms with Gasteiger partial charge in [-0.2, -0.15) is 0 Å². The van der Waals surface area contributed by atoms with Gasteiger partial charge in [0.15, 0.2) is 17.6 Å². The van der Waals surface area contributed by atoms with Crippen molar-refractivity contribution < 1.29 is 28.6 Å². The average Bonchev–Trinajstić information content (AvgIpc) is 3.42. The highest BCUT2D eigenvalue weighted by molar-refractivity contribution is 6.19. The van der Waals surface area contributed by atoms with Gasteiger partial charge in [-0.05, 0) is 44.0 Å². The molecule has 172 valence electrons. The Bertz CT molecular complexity index is 1070. The standard InChI is InChI=1S/C24H25N3O6/c1-16(33-19-7-8-20-21(13-19)32-15-31-20)23(29)25-11-9-17(10-12-25)26-14-22(28)27(24(26)30)18-5-3-2-4-6-18/h2-8,13,16-17H,9-12,14-15H2,1H3. The third-order valence-corrected chi connectivity index (χ3v) is 6.23. The zero-order chi connectivity index (χ0) is 22.9. The molecule has 5 rings (SSSR count). The Morgan fingerprint density at radius 2 is 1.76 bits per heavy atom. The Kier molecular flexibility index (Phi) is 5.53. The second-order valence-electron chi connectivity index (χ2n) is 8.31. The summed E-state index contributed by atoms with van der Waals surface area (Å²) in [6.45, 7) is 2.97. The van der Waals surface area contributed by atoms with E-state index in [1.54, 1.807) is 59.2 Å². The van der Waals surface area contributed by atoms with Crippen LogP contribution in [0.2, 0.25) is 0 Å². The molecule has 1 unspecified atom stereocenters. The van der Waals surface area contributed by atoms with Gasteiger partial charge in [0, 0.05) is 25.2 Å². The first-order chi connectivity index (χ1) is 16.0. The number of urea groups is 1. The molecule has 2 fully saturated rings. The molecule has 0 N–H and O–H groups in total. The van der Waals surface area contributed by atoms with E-state index in [-0.39, 0.29) is 37.2 Å². The molecule has 2 aromatic carbocycles. The lowest BCUT2D eigenvalue weighted by Gasteiger charge is -2.37. The molecule has 0 bridgehead atoms. The minimum absolute atomic E-state index is 0.0654. The van der Waals surface area contributed by atoms with Crippen LogP contribution in [0.5, 0.6) is 17.2 Å². The summed E-state index contributed by atoms with van der Waals surface area (Å²) in [6, 6.07) is 13.8. The molecule has 3 aliphatic heterocycles. The van der Waals surface area contributed by atoms with Crippen LogP contribution in [0.15, 0.2) is 48.5 Å². The summed E-state index contributed by atoms with van der Waals surface area (Å²) in [5, 5.41) is 0. The van der Waals surface area contributed by atoms with Gasteiger partial charge in [0.05, 0.1) is 5.69 Å². The number of para-hydroxylation sites is 1. The molecule has 0 radical (unpaired) electrons. The number of nitrogens with zero attached hydrogens (tertiary/aromatic N) is 3. The van der Waals surface area contributed by atoms with Gasteiger partial charge in [-0.25, -0.2) is 9.69 Å². The summed E-state index contributed by atoms with van der Waals surface area (Å²) < 4.78 is 16.5. The van der Waals surface area contributed by atoms with Crippen LogP contribution in [0.4, 0.5) is 10.5 Å². The van der Waals surface area contributed by atoms with E-state index in [1.165, 1.54) is 4.90 Å². The SMILES string of the molecule is CC(Oc1ccc2c(c1)OCO2)C(=O)N1CCC(N2CC(=O)N(c3ccccc3)C2=O)CC1. The van der Waals surface area contributed by atoms with Crippen LogP contribution in [0.25, 0.3) is 0 Å². The van der Waals surface area contributed by atoms with E-state index in [1.807, 2.05) is 6.07 Å². The first-order valence-corrected chi connectivity index (χ1v) is 11.0. The Hall–Kier alpha value is -3.75. The zero-order valence-corrected chi connectivity index (χ0v) is 18.3. The Labute approximate surface area is 191 Å². The molecule has 0 spiro atoms. The second-order valence-corrected chi connectivity index (χ2v) is 8.31. The maximum atomic E-state index is 12.9. The summed E-state index contributed by atoms with van der Waals surface area (Å²) in [5.41, 5.74) is 0.581. The molecule has 33 heavy (non-hydrogen) atoms. The van der Waals surface area contributed by atoms with Gasteiger partial charge in [0.1, 0.15) is 12.3 Å². The highest BCUT2D eigenvalue weighted by Crippen LogP contribution is 2.35.